The van der Waals surface area contributed by atoms with Gasteiger partial charge in [-0.05, 0) is 37.2 Å². The fraction of sp³-hybridized carbons (Fsp3) is 0.636. The summed E-state index contributed by atoms with van der Waals surface area (Å²) < 4.78 is 4.56. The minimum absolute atomic E-state index is 0.222. The Balaban J connectivity index is 2.81. The lowest BCUT2D eigenvalue weighted by atomic mass is 9.85. The zero-order valence-electron chi connectivity index (χ0n) is 8.67. The highest BCUT2D eigenvalue weighted by Gasteiger charge is 2.20. The van der Waals surface area contributed by atoms with Crippen LogP contribution in [-0.4, -0.2) is 13.1 Å². The Morgan fingerprint density at radius 3 is 2.50 bits per heavy atom. The minimum atomic E-state index is -0.489. The van der Waals surface area contributed by atoms with E-state index in [2.05, 4.69) is 11.7 Å². The molecule has 1 aliphatic carbocycles. The van der Waals surface area contributed by atoms with Gasteiger partial charge in [-0.1, -0.05) is 6.92 Å². The van der Waals surface area contributed by atoms with E-state index in [0.717, 1.165) is 31.3 Å². The van der Waals surface area contributed by atoms with Crippen LogP contribution in [0.3, 0.4) is 0 Å². The van der Waals surface area contributed by atoms with Crippen molar-refractivity contribution < 1.29 is 9.53 Å². The van der Waals surface area contributed by atoms with Crippen LogP contribution in [0.4, 0.5) is 0 Å². The standard InChI is InChI=1S/C11H15NO2/c1-8-3-5-9(6-4-8)10(7-12)11(13)14-2/h8H,3-6H2,1-2H3. The summed E-state index contributed by atoms with van der Waals surface area (Å²) in [6, 6.07) is 1.94. The van der Waals surface area contributed by atoms with Crippen LogP contribution in [-0.2, 0) is 9.53 Å². The predicted molar refractivity (Wildman–Crippen MR) is 52.3 cm³/mol. The number of allylic oxidation sites excluding steroid dienone is 1. The molecule has 0 aromatic carbocycles. The molecule has 76 valence electrons. The highest BCUT2D eigenvalue weighted by atomic mass is 16.5. The van der Waals surface area contributed by atoms with Crippen molar-refractivity contribution in [3.8, 4) is 6.07 Å². The van der Waals surface area contributed by atoms with E-state index in [4.69, 9.17) is 5.26 Å². The van der Waals surface area contributed by atoms with E-state index in [9.17, 15) is 4.79 Å². The third kappa shape index (κ3) is 2.35. The monoisotopic (exact) mass is 193 g/mol. The van der Waals surface area contributed by atoms with Gasteiger partial charge in [0.05, 0.1) is 7.11 Å². The Morgan fingerprint density at radius 1 is 1.50 bits per heavy atom. The van der Waals surface area contributed by atoms with E-state index >= 15 is 0 Å². The predicted octanol–water partition coefficient (Wildman–Crippen LogP) is 2.19. The molecule has 1 rings (SSSR count). The summed E-state index contributed by atoms with van der Waals surface area (Å²) in [5, 5.41) is 8.84. The highest BCUT2D eigenvalue weighted by molar-refractivity contribution is 5.93. The molecule has 14 heavy (non-hydrogen) atoms. The second kappa shape index (κ2) is 4.80. The molecule has 0 aromatic rings. The largest absolute Gasteiger partial charge is 0.465 e. The normalized spacial score (nSPS) is 21.2. The number of rotatable bonds is 1. The molecule has 0 spiro atoms. The van der Waals surface area contributed by atoms with Crippen LogP contribution in [0.25, 0.3) is 0 Å². The van der Waals surface area contributed by atoms with Crippen LogP contribution in [0.1, 0.15) is 32.6 Å². The second-order valence-electron chi connectivity index (χ2n) is 3.76. The van der Waals surface area contributed by atoms with Gasteiger partial charge < -0.3 is 4.74 Å². The van der Waals surface area contributed by atoms with Crippen LogP contribution in [0, 0.1) is 17.2 Å². The van der Waals surface area contributed by atoms with Crippen molar-refractivity contribution in [3.63, 3.8) is 0 Å². The molecule has 1 aliphatic rings. The molecule has 0 aromatic heterocycles. The molecule has 0 radical (unpaired) electrons. The molecular formula is C11H15NO2. The molecule has 3 heteroatoms. The molecule has 1 saturated carbocycles. The first-order chi connectivity index (χ1) is 6.69. The van der Waals surface area contributed by atoms with Gasteiger partial charge in [-0.15, -0.1) is 0 Å². The second-order valence-corrected chi connectivity index (χ2v) is 3.76. The van der Waals surface area contributed by atoms with Crippen molar-refractivity contribution in [2.75, 3.05) is 7.11 Å². The van der Waals surface area contributed by atoms with Gasteiger partial charge in [0, 0.05) is 0 Å². The van der Waals surface area contributed by atoms with Crippen molar-refractivity contribution in [2.24, 2.45) is 5.92 Å². The molecule has 3 nitrogen and oxygen atoms in total. The Hall–Kier alpha value is -1.30. The molecule has 0 amide bonds. The van der Waals surface area contributed by atoms with Gasteiger partial charge in [0.25, 0.3) is 0 Å². The molecule has 0 aliphatic heterocycles. The fourth-order valence-corrected chi connectivity index (χ4v) is 1.73. The van der Waals surface area contributed by atoms with Gasteiger partial charge in [0.2, 0.25) is 0 Å². The van der Waals surface area contributed by atoms with Crippen molar-refractivity contribution in [1.29, 1.82) is 5.26 Å². The molecule has 1 fully saturated rings. The molecule has 0 atom stereocenters. The summed E-state index contributed by atoms with van der Waals surface area (Å²) in [5.74, 6) is 0.216. The highest BCUT2D eigenvalue weighted by Crippen LogP contribution is 2.29. The number of methoxy groups -OCH3 is 1. The van der Waals surface area contributed by atoms with E-state index in [0.29, 0.717) is 5.92 Å². The summed E-state index contributed by atoms with van der Waals surface area (Å²) in [6.07, 6.45) is 3.85. The number of carbonyl (C=O) groups is 1. The van der Waals surface area contributed by atoms with E-state index in [1.165, 1.54) is 7.11 Å². The van der Waals surface area contributed by atoms with E-state index in [-0.39, 0.29) is 5.57 Å². The third-order valence-corrected chi connectivity index (χ3v) is 2.73. The Bertz CT molecular complexity index is 289. The number of nitrogens with zero attached hydrogens (tertiary/aromatic N) is 1. The number of carbonyl (C=O) groups excluding carboxylic acids is 1. The number of nitriles is 1. The minimum Gasteiger partial charge on any atom is -0.465 e. The van der Waals surface area contributed by atoms with Crippen LogP contribution < -0.4 is 0 Å². The number of hydrogen-bond acceptors (Lipinski definition) is 3. The summed E-state index contributed by atoms with van der Waals surface area (Å²) in [5.41, 5.74) is 1.19. The summed E-state index contributed by atoms with van der Waals surface area (Å²) in [7, 11) is 1.31. The fourth-order valence-electron chi connectivity index (χ4n) is 1.73. The Labute approximate surface area is 84.4 Å². The maximum Gasteiger partial charge on any atom is 0.348 e. The quantitative estimate of drug-likeness (QED) is 0.364. The molecule has 0 saturated heterocycles. The van der Waals surface area contributed by atoms with E-state index in [1.807, 2.05) is 6.07 Å². The topological polar surface area (TPSA) is 50.1 Å². The lowest BCUT2D eigenvalue weighted by Gasteiger charge is -2.20. The third-order valence-electron chi connectivity index (χ3n) is 2.73. The summed E-state index contributed by atoms with van der Waals surface area (Å²) in [4.78, 5) is 11.2. The van der Waals surface area contributed by atoms with E-state index in [1.54, 1.807) is 0 Å². The first-order valence-corrected chi connectivity index (χ1v) is 4.89. The molecule has 0 heterocycles. The maximum atomic E-state index is 11.2. The van der Waals surface area contributed by atoms with Gasteiger partial charge in [-0.3, -0.25) is 0 Å². The first-order valence-electron chi connectivity index (χ1n) is 4.89. The SMILES string of the molecule is COC(=O)C(C#N)=C1CCC(C)CC1. The molecule has 0 N–H and O–H groups in total. The molecule has 0 unspecified atom stereocenters. The number of ether oxygens (including phenoxy) is 1. The molecule has 0 bridgehead atoms. The van der Waals surface area contributed by atoms with Crippen LogP contribution in [0.15, 0.2) is 11.1 Å². The average molecular weight is 193 g/mol. The van der Waals surface area contributed by atoms with Gasteiger partial charge in [-0.25, -0.2) is 4.79 Å². The number of esters is 1. The van der Waals surface area contributed by atoms with Crippen molar-refractivity contribution >= 4 is 5.97 Å². The van der Waals surface area contributed by atoms with Crippen molar-refractivity contribution in [2.45, 2.75) is 32.6 Å². The maximum absolute atomic E-state index is 11.2. The zero-order chi connectivity index (χ0) is 10.6. The van der Waals surface area contributed by atoms with Gasteiger partial charge in [-0.2, -0.15) is 5.26 Å². The Morgan fingerprint density at radius 2 is 2.07 bits per heavy atom. The van der Waals surface area contributed by atoms with E-state index < -0.39 is 5.97 Å². The zero-order valence-corrected chi connectivity index (χ0v) is 8.67. The average Bonchev–Trinajstić information content (AvgIpc) is 2.21. The van der Waals surface area contributed by atoms with Gasteiger partial charge in [0.15, 0.2) is 0 Å². The Kier molecular flexibility index (Phi) is 3.70. The number of hydrogen-bond donors (Lipinski definition) is 0. The first kappa shape index (κ1) is 10.8. The summed E-state index contributed by atoms with van der Waals surface area (Å²) in [6.45, 7) is 2.20. The van der Waals surface area contributed by atoms with Crippen molar-refractivity contribution in [1.82, 2.24) is 0 Å². The lowest BCUT2D eigenvalue weighted by Crippen LogP contribution is -2.11. The lowest BCUT2D eigenvalue weighted by molar-refractivity contribution is -0.135. The van der Waals surface area contributed by atoms with Crippen molar-refractivity contribution in [3.05, 3.63) is 11.1 Å². The van der Waals surface area contributed by atoms with Crippen LogP contribution in [0.5, 0.6) is 0 Å². The van der Waals surface area contributed by atoms with Gasteiger partial charge in [0.1, 0.15) is 11.6 Å². The molecular weight excluding hydrogens is 178 g/mol. The van der Waals surface area contributed by atoms with Crippen LogP contribution >= 0.6 is 0 Å². The van der Waals surface area contributed by atoms with Gasteiger partial charge >= 0.3 is 5.97 Å². The van der Waals surface area contributed by atoms with Crippen LogP contribution in [0.2, 0.25) is 0 Å². The smallest absolute Gasteiger partial charge is 0.348 e. The summed E-state index contributed by atoms with van der Waals surface area (Å²) >= 11 is 0.